The van der Waals surface area contributed by atoms with Crippen molar-refractivity contribution in [1.29, 1.82) is 0 Å². The summed E-state index contributed by atoms with van der Waals surface area (Å²) in [6.45, 7) is 0.399. The highest BCUT2D eigenvalue weighted by Gasteiger charge is 2.16. The summed E-state index contributed by atoms with van der Waals surface area (Å²) in [5, 5.41) is 0.442. The molecule has 0 saturated heterocycles. The maximum Gasteiger partial charge on any atom is 0.176 e. The van der Waals surface area contributed by atoms with Crippen molar-refractivity contribution >= 4 is 39.3 Å². The van der Waals surface area contributed by atoms with Gasteiger partial charge in [-0.25, -0.2) is 8.42 Å². The summed E-state index contributed by atoms with van der Waals surface area (Å²) in [5.74, 6) is 0. The summed E-state index contributed by atoms with van der Waals surface area (Å²) in [4.78, 5) is 0.841. The number of benzene rings is 1. The molecule has 3 nitrogen and oxygen atoms in total. The van der Waals surface area contributed by atoms with Gasteiger partial charge in [0.05, 0.1) is 9.92 Å². The molecule has 0 amide bonds. The Morgan fingerprint density at radius 2 is 2.12 bits per heavy atom. The van der Waals surface area contributed by atoms with Gasteiger partial charge in [-0.3, -0.25) is 0 Å². The minimum absolute atomic E-state index is 0.258. The van der Waals surface area contributed by atoms with Gasteiger partial charge >= 0.3 is 0 Å². The summed E-state index contributed by atoms with van der Waals surface area (Å²) in [6, 6.07) is 3.34. The van der Waals surface area contributed by atoms with E-state index in [0.717, 1.165) is 5.56 Å². The first-order valence-electron chi connectivity index (χ1n) is 4.84. The second-order valence-electron chi connectivity index (χ2n) is 3.44. The lowest BCUT2D eigenvalue weighted by atomic mass is 10.2. The summed E-state index contributed by atoms with van der Waals surface area (Å²) in [6.07, 6.45) is 6.47. The van der Waals surface area contributed by atoms with Gasteiger partial charge in [0.15, 0.2) is 9.84 Å². The molecule has 0 heterocycles. The number of rotatable bonds is 4. The third kappa shape index (κ3) is 3.74. The maximum absolute atomic E-state index is 11.7. The normalized spacial score (nSPS) is 12.2. The third-order valence-electron chi connectivity index (χ3n) is 2.08. The zero-order chi connectivity index (χ0) is 13.1. The number of nitrogens with two attached hydrogens (primary N) is 1. The maximum atomic E-state index is 11.7. The Morgan fingerprint density at radius 1 is 1.47 bits per heavy atom. The van der Waals surface area contributed by atoms with Crippen molar-refractivity contribution < 1.29 is 8.42 Å². The number of hydrogen-bond donors (Lipinski definition) is 1. The van der Waals surface area contributed by atoms with Gasteiger partial charge in [-0.05, 0) is 24.0 Å². The highest BCUT2D eigenvalue weighted by Crippen LogP contribution is 2.33. The lowest BCUT2D eigenvalue weighted by molar-refractivity contribution is 0.600. The first kappa shape index (κ1) is 14.6. The molecule has 17 heavy (non-hydrogen) atoms. The molecule has 6 heteroatoms. The molecule has 0 unspecified atom stereocenters. The molecule has 0 aromatic heterocycles. The van der Waals surface area contributed by atoms with Crippen LogP contribution in [0, 0.1) is 0 Å². The fraction of sp³-hybridized carbons (Fsp3) is 0.273. The van der Waals surface area contributed by atoms with Crippen LogP contribution in [-0.4, -0.2) is 27.5 Å². The van der Waals surface area contributed by atoms with E-state index in [9.17, 15) is 8.42 Å². The fourth-order valence-electron chi connectivity index (χ4n) is 1.36. The summed E-state index contributed by atoms with van der Waals surface area (Å²) < 4.78 is 23.3. The highest BCUT2D eigenvalue weighted by atomic mass is 35.5. The molecule has 1 rings (SSSR count). The van der Waals surface area contributed by atoms with E-state index in [2.05, 4.69) is 0 Å². The minimum atomic E-state index is -3.29. The van der Waals surface area contributed by atoms with Gasteiger partial charge in [0.1, 0.15) is 0 Å². The fourth-order valence-corrected chi connectivity index (χ4v) is 3.89. The van der Waals surface area contributed by atoms with Gasteiger partial charge in [0.25, 0.3) is 0 Å². The first-order chi connectivity index (χ1) is 7.90. The molecule has 0 atom stereocenters. The minimum Gasteiger partial charge on any atom is -0.327 e. The SMILES string of the molecule is CSc1c(Cl)cc(/C=C/CN)cc1S(C)(=O)=O. The second-order valence-corrected chi connectivity index (χ2v) is 6.65. The van der Waals surface area contributed by atoms with Gasteiger partial charge in [0, 0.05) is 17.7 Å². The number of halogens is 1. The molecule has 0 fully saturated rings. The van der Waals surface area contributed by atoms with E-state index >= 15 is 0 Å². The molecule has 0 spiro atoms. The lowest BCUT2D eigenvalue weighted by Gasteiger charge is -2.09. The van der Waals surface area contributed by atoms with Crippen molar-refractivity contribution in [2.45, 2.75) is 9.79 Å². The van der Waals surface area contributed by atoms with Gasteiger partial charge in [-0.1, -0.05) is 23.8 Å². The monoisotopic (exact) mass is 291 g/mol. The van der Waals surface area contributed by atoms with Gasteiger partial charge < -0.3 is 5.73 Å². The molecular weight excluding hydrogens is 278 g/mol. The summed E-state index contributed by atoms with van der Waals surface area (Å²) in [5.41, 5.74) is 6.09. The van der Waals surface area contributed by atoms with Gasteiger partial charge in [0.2, 0.25) is 0 Å². The second kappa shape index (κ2) is 5.91. The molecule has 0 aliphatic rings. The van der Waals surface area contributed by atoms with E-state index < -0.39 is 9.84 Å². The highest BCUT2D eigenvalue weighted by molar-refractivity contribution is 7.99. The van der Waals surface area contributed by atoms with E-state index in [1.54, 1.807) is 30.5 Å². The molecule has 0 saturated carbocycles. The molecule has 1 aromatic carbocycles. The summed E-state index contributed by atoms with van der Waals surface area (Å²) >= 11 is 7.39. The molecule has 0 aliphatic heterocycles. The number of sulfone groups is 1. The standard InChI is InChI=1S/C11H14ClNO2S2/c1-16-11-9(12)6-8(4-3-5-13)7-10(11)17(2,14)15/h3-4,6-7H,5,13H2,1-2H3/b4-3+. The van der Waals surface area contributed by atoms with E-state index in [-0.39, 0.29) is 4.90 Å². The predicted octanol–water partition coefficient (Wildman–Crippen LogP) is 2.44. The molecule has 94 valence electrons. The van der Waals surface area contributed by atoms with E-state index in [1.165, 1.54) is 18.0 Å². The van der Waals surface area contributed by atoms with Crippen LogP contribution in [-0.2, 0) is 9.84 Å². The first-order valence-corrected chi connectivity index (χ1v) is 8.33. The Labute approximate surface area is 111 Å². The Hall–Kier alpha value is -0.490. The van der Waals surface area contributed by atoms with E-state index in [0.29, 0.717) is 16.5 Å². The molecule has 2 N–H and O–H groups in total. The smallest absolute Gasteiger partial charge is 0.176 e. The van der Waals surface area contributed by atoms with Crippen molar-refractivity contribution in [2.75, 3.05) is 19.1 Å². The van der Waals surface area contributed by atoms with Crippen LogP contribution in [0.25, 0.3) is 6.08 Å². The van der Waals surface area contributed by atoms with Crippen molar-refractivity contribution in [3.05, 3.63) is 28.8 Å². The van der Waals surface area contributed by atoms with Crippen LogP contribution in [0.4, 0.5) is 0 Å². The predicted molar refractivity (Wildman–Crippen MR) is 74.4 cm³/mol. The van der Waals surface area contributed by atoms with Crippen LogP contribution >= 0.6 is 23.4 Å². The van der Waals surface area contributed by atoms with Crippen molar-refractivity contribution in [3.8, 4) is 0 Å². The Balaban J connectivity index is 3.45. The zero-order valence-corrected chi connectivity index (χ0v) is 12.0. The van der Waals surface area contributed by atoms with Crippen LogP contribution in [0.2, 0.25) is 5.02 Å². The van der Waals surface area contributed by atoms with Crippen molar-refractivity contribution in [3.63, 3.8) is 0 Å². The Kier molecular flexibility index (Phi) is 5.06. The molecule has 0 aliphatic carbocycles. The topological polar surface area (TPSA) is 60.2 Å². The van der Waals surface area contributed by atoms with Crippen LogP contribution < -0.4 is 5.73 Å². The van der Waals surface area contributed by atoms with Crippen LogP contribution in [0.1, 0.15) is 5.56 Å². The van der Waals surface area contributed by atoms with Crippen LogP contribution in [0.3, 0.4) is 0 Å². The number of thioether (sulfide) groups is 1. The van der Waals surface area contributed by atoms with Gasteiger partial charge in [-0.15, -0.1) is 11.8 Å². The molecular formula is C11H14ClNO2S2. The third-order valence-corrected chi connectivity index (χ3v) is 4.59. The van der Waals surface area contributed by atoms with Crippen molar-refractivity contribution in [2.24, 2.45) is 5.73 Å². The Bertz CT molecular complexity index is 539. The van der Waals surface area contributed by atoms with Crippen LogP contribution in [0.5, 0.6) is 0 Å². The van der Waals surface area contributed by atoms with Crippen molar-refractivity contribution in [1.82, 2.24) is 0 Å². The Morgan fingerprint density at radius 3 is 2.59 bits per heavy atom. The largest absolute Gasteiger partial charge is 0.327 e. The van der Waals surface area contributed by atoms with E-state index in [1.807, 2.05) is 0 Å². The average Bonchev–Trinajstić information content (AvgIpc) is 2.24. The number of hydrogen-bond acceptors (Lipinski definition) is 4. The lowest BCUT2D eigenvalue weighted by Crippen LogP contribution is -2.00. The zero-order valence-electron chi connectivity index (χ0n) is 9.60. The quantitative estimate of drug-likeness (QED) is 0.866. The summed E-state index contributed by atoms with van der Waals surface area (Å²) in [7, 11) is -3.29. The van der Waals surface area contributed by atoms with Crippen LogP contribution in [0.15, 0.2) is 28.0 Å². The molecule has 0 radical (unpaired) electrons. The van der Waals surface area contributed by atoms with E-state index in [4.69, 9.17) is 17.3 Å². The molecule has 1 aromatic rings. The molecule has 0 bridgehead atoms. The van der Waals surface area contributed by atoms with Gasteiger partial charge in [-0.2, -0.15) is 0 Å². The average molecular weight is 292 g/mol.